The summed E-state index contributed by atoms with van der Waals surface area (Å²) in [5.74, 6) is 1.09. The van der Waals surface area contributed by atoms with Gasteiger partial charge in [0, 0.05) is 22.6 Å². The molecule has 0 bridgehead atoms. The molecule has 0 aliphatic rings. The number of aromatic nitrogens is 3. The topological polar surface area (TPSA) is 64.8 Å². The number of rotatable bonds is 7. The third-order valence-electron chi connectivity index (χ3n) is 3.76. The summed E-state index contributed by atoms with van der Waals surface area (Å²) in [7, 11) is -3.04. The Bertz CT molecular complexity index is 1040. The molecule has 0 aliphatic carbocycles. The van der Waals surface area contributed by atoms with Crippen molar-refractivity contribution in [2.45, 2.75) is 11.7 Å². The number of benzene rings is 2. The van der Waals surface area contributed by atoms with Gasteiger partial charge in [-0.1, -0.05) is 65.3 Å². The molecule has 0 fully saturated rings. The van der Waals surface area contributed by atoms with Crippen LogP contribution in [-0.2, 0) is 16.4 Å². The van der Waals surface area contributed by atoms with Crippen LogP contribution in [0.15, 0.2) is 53.7 Å². The molecule has 0 radical (unpaired) electrons. The van der Waals surface area contributed by atoms with Gasteiger partial charge in [0.25, 0.3) is 0 Å². The van der Waals surface area contributed by atoms with E-state index in [1.165, 1.54) is 18.0 Å². The Morgan fingerprint density at radius 2 is 1.81 bits per heavy atom. The Balaban J connectivity index is 1.97. The Kier molecular flexibility index (Phi) is 6.47. The first kappa shape index (κ1) is 20.2. The van der Waals surface area contributed by atoms with Crippen LogP contribution in [0.4, 0.5) is 0 Å². The van der Waals surface area contributed by atoms with Gasteiger partial charge in [0.1, 0.15) is 9.84 Å². The lowest BCUT2D eigenvalue weighted by molar-refractivity contribution is 0.603. The summed E-state index contributed by atoms with van der Waals surface area (Å²) in [6, 6.07) is 15.1. The van der Waals surface area contributed by atoms with Crippen molar-refractivity contribution in [3.8, 4) is 11.4 Å². The van der Waals surface area contributed by atoms with Crippen molar-refractivity contribution >= 4 is 44.8 Å². The SMILES string of the molecule is CS(=O)(=O)CCSc1nnc(-c2ccc(Cl)cc2Cl)n1Cc1ccccc1. The first-order valence-electron chi connectivity index (χ1n) is 8.06. The van der Waals surface area contributed by atoms with E-state index < -0.39 is 9.84 Å². The van der Waals surface area contributed by atoms with Gasteiger partial charge in [-0.25, -0.2) is 8.42 Å². The van der Waals surface area contributed by atoms with Crippen LogP contribution in [0.3, 0.4) is 0 Å². The van der Waals surface area contributed by atoms with E-state index in [0.717, 1.165) is 11.1 Å². The third-order valence-corrected chi connectivity index (χ3v) is 6.48. The van der Waals surface area contributed by atoms with Crippen LogP contribution in [-0.4, -0.2) is 40.9 Å². The standard InChI is InChI=1S/C18H17Cl2N3O2S2/c1-27(24,25)10-9-26-18-22-21-17(15-8-7-14(19)11-16(15)20)23(18)12-13-5-3-2-4-6-13/h2-8,11H,9-10,12H2,1H3. The van der Waals surface area contributed by atoms with E-state index in [-0.39, 0.29) is 5.75 Å². The van der Waals surface area contributed by atoms with E-state index in [4.69, 9.17) is 23.2 Å². The van der Waals surface area contributed by atoms with E-state index in [9.17, 15) is 8.42 Å². The average molecular weight is 442 g/mol. The van der Waals surface area contributed by atoms with Gasteiger partial charge < -0.3 is 0 Å². The number of nitrogens with zero attached hydrogens (tertiary/aromatic N) is 3. The number of halogens is 2. The summed E-state index contributed by atoms with van der Waals surface area (Å²) in [5, 5.41) is 10.2. The molecular weight excluding hydrogens is 425 g/mol. The molecule has 0 spiro atoms. The van der Waals surface area contributed by atoms with Gasteiger partial charge in [-0.2, -0.15) is 0 Å². The molecule has 0 saturated carbocycles. The fourth-order valence-corrected chi connectivity index (χ4v) is 5.08. The average Bonchev–Trinajstić information content (AvgIpc) is 2.97. The minimum absolute atomic E-state index is 0.0763. The first-order chi connectivity index (χ1) is 12.8. The molecule has 3 rings (SSSR count). The number of hydrogen-bond acceptors (Lipinski definition) is 5. The highest BCUT2D eigenvalue weighted by atomic mass is 35.5. The number of hydrogen-bond donors (Lipinski definition) is 0. The molecule has 1 heterocycles. The Morgan fingerprint density at radius 3 is 2.48 bits per heavy atom. The molecule has 1 aromatic heterocycles. The van der Waals surface area contributed by atoms with Crippen LogP contribution in [0, 0.1) is 0 Å². The summed E-state index contributed by atoms with van der Waals surface area (Å²) in [5.41, 5.74) is 1.80. The first-order valence-corrected chi connectivity index (χ1v) is 11.9. The highest BCUT2D eigenvalue weighted by Crippen LogP contribution is 2.32. The monoisotopic (exact) mass is 441 g/mol. The lowest BCUT2D eigenvalue weighted by Crippen LogP contribution is -2.08. The van der Waals surface area contributed by atoms with Gasteiger partial charge in [0.15, 0.2) is 11.0 Å². The fourth-order valence-electron chi connectivity index (χ4n) is 2.46. The van der Waals surface area contributed by atoms with Crippen LogP contribution in [0.25, 0.3) is 11.4 Å². The van der Waals surface area contributed by atoms with Gasteiger partial charge in [-0.15, -0.1) is 10.2 Å². The van der Waals surface area contributed by atoms with Crippen LogP contribution in [0.1, 0.15) is 5.56 Å². The number of thioether (sulfide) groups is 1. The highest BCUT2D eigenvalue weighted by Gasteiger charge is 2.18. The maximum absolute atomic E-state index is 11.4. The van der Waals surface area contributed by atoms with E-state index in [1.54, 1.807) is 18.2 Å². The Hall–Kier alpha value is -1.54. The normalized spacial score (nSPS) is 11.7. The quantitative estimate of drug-likeness (QED) is 0.507. The van der Waals surface area contributed by atoms with Crippen molar-refractivity contribution < 1.29 is 8.42 Å². The van der Waals surface area contributed by atoms with Crippen LogP contribution < -0.4 is 0 Å². The highest BCUT2D eigenvalue weighted by molar-refractivity contribution is 8.00. The van der Waals surface area contributed by atoms with Gasteiger partial charge in [0.2, 0.25) is 0 Å². The van der Waals surface area contributed by atoms with Crippen LogP contribution in [0.5, 0.6) is 0 Å². The molecule has 0 saturated heterocycles. The maximum atomic E-state index is 11.4. The molecule has 2 aromatic carbocycles. The molecule has 0 aliphatic heterocycles. The van der Waals surface area contributed by atoms with Gasteiger partial charge in [-0.3, -0.25) is 4.57 Å². The molecule has 9 heteroatoms. The van der Waals surface area contributed by atoms with Crippen molar-refractivity contribution in [1.82, 2.24) is 14.8 Å². The maximum Gasteiger partial charge on any atom is 0.191 e. The predicted octanol–water partition coefficient (Wildman–Crippen LogP) is 4.44. The largest absolute Gasteiger partial charge is 0.298 e. The summed E-state index contributed by atoms with van der Waals surface area (Å²) in [4.78, 5) is 0. The second kappa shape index (κ2) is 8.65. The zero-order valence-electron chi connectivity index (χ0n) is 14.5. The molecule has 0 atom stereocenters. The van der Waals surface area contributed by atoms with Gasteiger partial charge >= 0.3 is 0 Å². The fraction of sp³-hybridized carbons (Fsp3) is 0.222. The summed E-state index contributed by atoms with van der Waals surface area (Å²) >= 11 is 13.7. The second-order valence-electron chi connectivity index (χ2n) is 5.98. The zero-order chi connectivity index (χ0) is 19.4. The molecule has 142 valence electrons. The van der Waals surface area contributed by atoms with Crippen molar-refractivity contribution in [2.24, 2.45) is 0 Å². The smallest absolute Gasteiger partial charge is 0.191 e. The van der Waals surface area contributed by atoms with Crippen LogP contribution in [0.2, 0.25) is 10.0 Å². The van der Waals surface area contributed by atoms with Crippen molar-refractivity contribution in [3.63, 3.8) is 0 Å². The molecule has 0 unspecified atom stereocenters. The predicted molar refractivity (Wildman–Crippen MR) is 111 cm³/mol. The molecule has 3 aromatic rings. The molecular formula is C18H17Cl2N3O2S2. The van der Waals surface area contributed by atoms with E-state index in [0.29, 0.717) is 33.3 Å². The molecule has 0 N–H and O–H groups in total. The minimum atomic E-state index is -3.04. The summed E-state index contributed by atoms with van der Waals surface area (Å²) in [6.45, 7) is 0.545. The zero-order valence-corrected chi connectivity index (χ0v) is 17.6. The number of sulfone groups is 1. The summed E-state index contributed by atoms with van der Waals surface area (Å²) < 4.78 is 24.8. The van der Waals surface area contributed by atoms with Crippen LogP contribution >= 0.6 is 35.0 Å². The van der Waals surface area contributed by atoms with E-state index in [2.05, 4.69) is 10.2 Å². The van der Waals surface area contributed by atoms with Crippen molar-refractivity contribution in [1.29, 1.82) is 0 Å². The molecule has 0 amide bonds. The molecule has 5 nitrogen and oxygen atoms in total. The van der Waals surface area contributed by atoms with Gasteiger partial charge in [0.05, 0.1) is 17.3 Å². The van der Waals surface area contributed by atoms with E-state index >= 15 is 0 Å². The second-order valence-corrected chi connectivity index (χ2v) is 10.1. The van der Waals surface area contributed by atoms with Gasteiger partial charge in [-0.05, 0) is 23.8 Å². The lowest BCUT2D eigenvalue weighted by atomic mass is 10.2. The Labute approximate surface area is 172 Å². The van der Waals surface area contributed by atoms with E-state index in [1.807, 2.05) is 34.9 Å². The third kappa shape index (κ3) is 5.48. The van der Waals surface area contributed by atoms with Crippen molar-refractivity contribution in [2.75, 3.05) is 17.8 Å². The summed E-state index contributed by atoms with van der Waals surface area (Å²) in [6.07, 6.45) is 1.22. The minimum Gasteiger partial charge on any atom is -0.298 e. The molecule has 27 heavy (non-hydrogen) atoms. The Morgan fingerprint density at radius 1 is 1.07 bits per heavy atom. The lowest BCUT2D eigenvalue weighted by Gasteiger charge is -2.11. The van der Waals surface area contributed by atoms with Crippen molar-refractivity contribution in [3.05, 3.63) is 64.1 Å².